The van der Waals surface area contributed by atoms with Crippen molar-refractivity contribution in [2.24, 2.45) is 0 Å². The van der Waals surface area contributed by atoms with Crippen molar-refractivity contribution >= 4 is 17.5 Å². The zero-order valence-electron chi connectivity index (χ0n) is 9.64. The maximum atomic E-state index is 12.0. The Bertz CT molecular complexity index is 554. The fourth-order valence-electron chi connectivity index (χ4n) is 1.54. The smallest absolute Gasteiger partial charge is 0.253 e. The van der Waals surface area contributed by atoms with Crippen LogP contribution < -0.4 is 5.32 Å². The van der Waals surface area contributed by atoms with E-state index >= 15 is 0 Å². The van der Waals surface area contributed by atoms with E-state index in [1.807, 2.05) is 0 Å². The fourth-order valence-corrected chi connectivity index (χ4v) is 1.75. The van der Waals surface area contributed by atoms with E-state index < -0.39 is 0 Å². The minimum absolute atomic E-state index is 0.00444. The number of amides is 1. The minimum Gasteiger partial charge on any atom is -0.508 e. The number of carbonyl (C=O) groups excluding carboxylic acids is 1. The van der Waals surface area contributed by atoms with Crippen LogP contribution in [0.1, 0.15) is 29.1 Å². The summed E-state index contributed by atoms with van der Waals surface area (Å²) in [6, 6.07) is 3.95. The molecule has 3 N–H and O–H groups in total. The van der Waals surface area contributed by atoms with Crippen LogP contribution in [0.2, 0.25) is 5.02 Å². The van der Waals surface area contributed by atoms with Crippen LogP contribution in [-0.2, 0) is 0 Å². The Hall–Kier alpha value is -2.01. The summed E-state index contributed by atoms with van der Waals surface area (Å²) in [4.78, 5) is 18.9. The molecule has 0 radical (unpaired) electrons. The third-order valence-electron chi connectivity index (χ3n) is 2.47. The molecule has 0 saturated heterocycles. The number of hydrogen-bond acceptors (Lipinski definition) is 3. The van der Waals surface area contributed by atoms with E-state index in [1.165, 1.54) is 18.2 Å². The number of rotatable bonds is 3. The largest absolute Gasteiger partial charge is 0.508 e. The second-order valence-corrected chi connectivity index (χ2v) is 4.24. The Balaban J connectivity index is 2.15. The zero-order chi connectivity index (χ0) is 13.1. The molecule has 5 nitrogen and oxygen atoms in total. The Morgan fingerprint density at radius 1 is 1.56 bits per heavy atom. The van der Waals surface area contributed by atoms with Crippen LogP contribution in [0.4, 0.5) is 0 Å². The number of carbonyl (C=O) groups is 1. The van der Waals surface area contributed by atoms with Gasteiger partial charge in [-0.25, -0.2) is 4.98 Å². The second-order valence-electron chi connectivity index (χ2n) is 3.83. The number of nitrogens with zero attached hydrogens (tertiary/aromatic N) is 1. The SMILES string of the molecule is CC(NC(=O)c1cc(O)ccc1Cl)c1ncc[nH]1. The summed E-state index contributed by atoms with van der Waals surface area (Å²) in [6.45, 7) is 1.80. The lowest BCUT2D eigenvalue weighted by Crippen LogP contribution is -2.27. The quantitative estimate of drug-likeness (QED) is 0.797. The number of nitrogens with one attached hydrogen (secondary N) is 2. The first-order valence-corrected chi connectivity index (χ1v) is 5.74. The Labute approximate surface area is 109 Å². The molecule has 1 aromatic heterocycles. The van der Waals surface area contributed by atoms with Crippen LogP contribution in [-0.4, -0.2) is 21.0 Å². The van der Waals surface area contributed by atoms with Crippen LogP contribution in [0.25, 0.3) is 0 Å². The van der Waals surface area contributed by atoms with Gasteiger partial charge in [0.05, 0.1) is 16.6 Å². The standard InChI is InChI=1S/C12H12ClN3O2/c1-7(11-14-4-5-15-11)16-12(18)9-6-8(17)2-3-10(9)13/h2-7,17H,1H3,(H,14,15)(H,16,18). The number of halogens is 1. The van der Waals surface area contributed by atoms with Crippen LogP contribution in [0, 0.1) is 0 Å². The lowest BCUT2D eigenvalue weighted by Gasteiger charge is -2.12. The molecule has 1 unspecified atom stereocenters. The van der Waals surface area contributed by atoms with Crippen molar-refractivity contribution in [3.63, 3.8) is 0 Å². The molecule has 0 fully saturated rings. The van der Waals surface area contributed by atoms with Crippen LogP contribution >= 0.6 is 11.6 Å². The number of aromatic nitrogens is 2. The molecular formula is C12H12ClN3O2. The zero-order valence-corrected chi connectivity index (χ0v) is 10.4. The van der Waals surface area contributed by atoms with E-state index in [1.54, 1.807) is 19.3 Å². The first-order chi connectivity index (χ1) is 8.58. The minimum atomic E-state index is -0.361. The predicted molar refractivity (Wildman–Crippen MR) is 67.6 cm³/mol. The number of imidazole rings is 1. The summed E-state index contributed by atoms with van der Waals surface area (Å²) in [5.74, 6) is 0.287. The van der Waals surface area contributed by atoms with E-state index in [-0.39, 0.29) is 28.3 Å². The van der Waals surface area contributed by atoms with Gasteiger partial charge in [-0.15, -0.1) is 0 Å². The van der Waals surface area contributed by atoms with Crippen molar-refractivity contribution in [1.82, 2.24) is 15.3 Å². The van der Waals surface area contributed by atoms with Gasteiger partial charge in [-0.05, 0) is 25.1 Å². The lowest BCUT2D eigenvalue weighted by molar-refractivity contribution is 0.0938. The predicted octanol–water partition coefficient (Wildman–Crippen LogP) is 2.26. The summed E-state index contributed by atoms with van der Waals surface area (Å²) in [5.41, 5.74) is 0.232. The molecule has 2 rings (SSSR count). The van der Waals surface area contributed by atoms with Crippen molar-refractivity contribution in [3.05, 3.63) is 47.0 Å². The van der Waals surface area contributed by atoms with Gasteiger partial charge in [0.2, 0.25) is 0 Å². The van der Waals surface area contributed by atoms with Crippen LogP contribution in [0.5, 0.6) is 5.75 Å². The Kier molecular flexibility index (Phi) is 3.53. The average molecular weight is 266 g/mol. The van der Waals surface area contributed by atoms with E-state index in [9.17, 15) is 9.90 Å². The summed E-state index contributed by atoms with van der Waals surface area (Å²) >= 11 is 5.90. The molecule has 1 aromatic carbocycles. The molecule has 2 aromatic rings. The summed E-state index contributed by atoms with van der Waals surface area (Å²) in [6.07, 6.45) is 3.29. The Morgan fingerprint density at radius 2 is 2.33 bits per heavy atom. The molecule has 0 aliphatic rings. The number of phenolic OH excluding ortho intramolecular Hbond substituents is 1. The molecule has 18 heavy (non-hydrogen) atoms. The third kappa shape index (κ3) is 2.62. The molecule has 0 saturated carbocycles. The molecule has 1 atom stereocenters. The van der Waals surface area contributed by atoms with E-state index in [0.717, 1.165) is 0 Å². The van der Waals surface area contributed by atoms with Crippen molar-refractivity contribution in [2.45, 2.75) is 13.0 Å². The highest BCUT2D eigenvalue weighted by Crippen LogP contribution is 2.21. The molecule has 94 valence electrons. The van der Waals surface area contributed by atoms with Crippen molar-refractivity contribution in [3.8, 4) is 5.75 Å². The number of benzene rings is 1. The molecule has 1 amide bonds. The number of aromatic hydroxyl groups is 1. The molecule has 6 heteroatoms. The van der Waals surface area contributed by atoms with Crippen molar-refractivity contribution < 1.29 is 9.90 Å². The van der Waals surface area contributed by atoms with Crippen LogP contribution in [0.3, 0.4) is 0 Å². The molecule has 0 aliphatic carbocycles. The van der Waals surface area contributed by atoms with Gasteiger partial charge < -0.3 is 15.4 Å². The maximum absolute atomic E-state index is 12.0. The first kappa shape index (κ1) is 12.4. The summed E-state index contributed by atoms with van der Waals surface area (Å²) in [7, 11) is 0. The Morgan fingerprint density at radius 3 is 3.00 bits per heavy atom. The van der Waals surface area contributed by atoms with Crippen LogP contribution in [0.15, 0.2) is 30.6 Å². The molecule has 0 aliphatic heterocycles. The van der Waals surface area contributed by atoms with Gasteiger partial charge in [0, 0.05) is 12.4 Å². The molecule has 1 heterocycles. The fraction of sp³-hybridized carbons (Fsp3) is 0.167. The van der Waals surface area contributed by atoms with Gasteiger partial charge in [0.25, 0.3) is 5.91 Å². The highest BCUT2D eigenvalue weighted by molar-refractivity contribution is 6.33. The van der Waals surface area contributed by atoms with E-state index in [4.69, 9.17) is 11.6 Å². The first-order valence-electron chi connectivity index (χ1n) is 5.36. The molecule has 0 bridgehead atoms. The van der Waals surface area contributed by atoms with Gasteiger partial charge in [-0.3, -0.25) is 4.79 Å². The van der Waals surface area contributed by atoms with Gasteiger partial charge in [0.15, 0.2) is 0 Å². The molecular weight excluding hydrogens is 254 g/mol. The van der Waals surface area contributed by atoms with Gasteiger partial charge in [0.1, 0.15) is 11.6 Å². The highest BCUT2D eigenvalue weighted by Gasteiger charge is 2.15. The lowest BCUT2D eigenvalue weighted by atomic mass is 10.2. The van der Waals surface area contributed by atoms with Gasteiger partial charge >= 0.3 is 0 Å². The van der Waals surface area contributed by atoms with Gasteiger partial charge in [-0.2, -0.15) is 0 Å². The van der Waals surface area contributed by atoms with Crippen molar-refractivity contribution in [1.29, 1.82) is 0 Å². The number of hydrogen-bond donors (Lipinski definition) is 3. The van der Waals surface area contributed by atoms with Crippen molar-refractivity contribution in [2.75, 3.05) is 0 Å². The average Bonchev–Trinajstić information content (AvgIpc) is 2.85. The monoisotopic (exact) mass is 265 g/mol. The second kappa shape index (κ2) is 5.10. The maximum Gasteiger partial charge on any atom is 0.253 e. The number of H-pyrrole nitrogens is 1. The molecule has 0 spiro atoms. The third-order valence-corrected chi connectivity index (χ3v) is 2.80. The van der Waals surface area contributed by atoms with Gasteiger partial charge in [-0.1, -0.05) is 11.6 Å². The topological polar surface area (TPSA) is 78.0 Å². The number of phenols is 1. The highest BCUT2D eigenvalue weighted by atomic mass is 35.5. The summed E-state index contributed by atoms with van der Waals surface area (Å²) < 4.78 is 0. The normalized spacial score (nSPS) is 12.1. The van der Waals surface area contributed by atoms with E-state index in [2.05, 4.69) is 15.3 Å². The summed E-state index contributed by atoms with van der Waals surface area (Å²) in [5, 5.41) is 12.4. The number of aromatic amines is 1. The van der Waals surface area contributed by atoms with E-state index in [0.29, 0.717) is 5.82 Å².